The van der Waals surface area contributed by atoms with E-state index in [4.69, 9.17) is 4.98 Å². The number of thiophene rings is 1. The van der Waals surface area contributed by atoms with Gasteiger partial charge in [0.15, 0.2) is 0 Å². The molecule has 0 atom stereocenters. The van der Waals surface area contributed by atoms with E-state index in [-0.39, 0.29) is 11.8 Å². The van der Waals surface area contributed by atoms with Crippen LogP contribution < -0.4 is 5.32 Å². The number of aryl methyl sites for hydroxylation is 3. The Morgan fingerprint density at radius 2 is 2.00 bits per heavy atom. The fourth-order valence-corrected chi connectivity index (χ4v) is 6.91. The first-order valence-electron chi connectivity index (χ1n) is 9.51. The van der Waals surface area contributed by atoms with Crippen LogP contribution in [0.1, 0.15) is 48.9 Å². The predicted molar refractivity (Wildman–Crippen MR) is 106 cm³/mol. The molecule has 0 bridgehead atoms. The lowest BCUT2D eigenvalue weighted by Crippen LogP contribution is -2.43. The third kappa shape index (κ3) is 3.34. The molecule has 2 aliphatic rings. The highest BCUT2D eigenvalue weighted by Gasteiger charge is 2.28. The van der Waals surface area contributed by atoms with Gasteiger partial charge in [-0.25, -0.2) is 22.7 Å². The van der Waals surface area contributed by atoms with Gasteiger partial charge in [0.25, 0.3) is 0 Å². The van der Waals surface area contributed by atoms with Crippen LogP contribution >= 0.6 is 11.3 Å². The Hall–Kier alpha value is -1.25. The molecule has 0 aromatic carbocycles. The molecule has 0 radical (unpaired) electrons. The zero-order valence-electron chi connectivity index (χ0n) is 15.4. The van der Waals surface area contributed by atoms with Gasteiger partial charge in [0.05, 0.1) is 11.1 Å². The van der Waals surface area contributed by atoms with Gasteiger partial charge in [0, 0.05) is 24.0 Å². The van der Waals surface area contributed by atoms with Gasteiger partial charge in [-0.2, -0.15) is 0 Å². The van der Waals surface area contributed by atoms with E-state index >= 15 is 0 Å². The molecule has 3 heterocycles. The molecule has 0 spiro atoms. The van der Waals surface area contributed by atoms with Crippen LogP contribution in [0.15, 0.2) is 0 Å². The first-order chi connectivity index (χ1) is 12.5. The minimum atomic E-state index is -3.09. The number of aromatic nitrogens is 2. The molecule has 2 aromatic heterocycles. The highest BCUT2D eigenvalue weighted by atomic mass is 32.2. The monoisotopic (exact) mass is 394 g/mol. The van der Waals surface area contributed by atoms with Crippen LogP contribution in [-0.2, 0) is 22.9 Å². The normalized spacial score (nSPS) is 19.2. The molecule has 0 saturated carbocycles. The summed E-state index contributed by atoms with van der Waals surface area (Å²) in [4.78, 5) is 11.9. The summed E-state index contributed by atoms with van der Waals surface area (Å²) in [7, 11) is -3.09. The molecule has 1 fully saturated rings. The number of piperidine rings is 1. The molecule has 6 nitrogen and oxygen atoms in total. The fraction of sp³-hybridized carbons (Fsp3) is 0.667. The zero-order chi connectivity index (χ0) is 18.3. The molecule has 1 aliphatic heterocycles. The Kier molecular flexibility index (Phi) is 4.92. The molecule has 4 rings (SSSR count). The second-order valence-electron chi connectivity index (χ2n) is 7.29. The van der Waals surface area contributed by atoms with Crippen LogP contribution in [0.5, 0.6) is 0 Å². The lowest BCUT2D eigenvalue weighted by atomic mass is 10.1. The minimum absolute atomic E-state index is 0.248. The maximum Gasteiger partial charge on any atom is 0.214 e. The Morgan fingerprint density at radius 1 is 1.23 bits per heavy atom. The number of nitrogens with one attached hydrogen (secondary N) is 1. The molecule has 0 unspecified atom stereocenters. The topological polar surface area (TPSA) is 75.2 Å². The summed E-state index contributed by atoms with van der Waals surface area (Å²) in [6.07, 6.45) is 5.80. The van der Waals surface area contributed by atoms with Crippen molar-refractivity contribution in [2.24, 2.45) is 0 Å². The molecule has 1 saturated heterocycles. The van der Waals surface area contributed by atoms with Crippen molar-refractivity contribution < 1.29 is 8.42 Å². The summed E-state index contributed by atoms with van der Waals surface area (Å²) in [6.45, 7) is 5.03. The van der Waals surface area contributed by atoms with E-state index in [0.29, 0.717) is 19.5 Å². The highest BCUT2D eigenvalue weighted by molar-refractivity contribution is 7.89. The fourth-order valence-electron chi connectivity index (χ4n) is 4.07. The molecule has 2 aromatic rings. The van der Waals surface area contributed by atoms with Gasteiger partial charge >= 0.3 is 0 Å². The molecule has 1 N–H and O–H groups in total. The third-order valence-corrected chi connectivity index (χ3v) is 8.59. The largest absolute Gasteiger partial charge is 0.367 e. The number of anilines is 1. The Balaban J connectivity index is 1.52. The number of fused-ring (bicyclic) bond motifs is 3. The summed E-state index contributed by atoms with van der Waals surface area (Å²) in [5.41, 5.74) is 1.43. The van der Waals surface area contributed by atoms with E-state index < -0.39 is 10.0 Å². The predicted octanol–water partition coefficient (Wildman–Crippen LogP) is 3.10. The Labute approximate surface area is 159 Å². The summed E-state index contributed by atoms with van der Waals surface area (Å²) in [5, 5.41) is 4.82. The van der Waals surface area contributed by atoms with Gasteiger partial charge in [0.2, 0.25) is 10.0 Å². The van der Waals surface area contributed by atoms with Crippen molar-refractivity contribution in [3.8, 4) is 0 Å². The van der Waals surface area contributed by atoms with Crippen molar-refractivity contribution in [3.05, 3.63) is 16.3 Å². The zero-order valence-corrected chi connectivity index (χ0v) is 17.0. The van der Waals surface area contributed by atoms with Crippen molar-refractivity contribution in [1.82, 2.24) is 14.3 Å². The number of hydrogen-bond donors (Lipinski definition) is 1. The molecular formula is C18H26N4O2S2. The van der Waals surface area contributed by atoms with Crippen molar-refractivity contribution in [1.29, 1.82) is 0 Å². The molecule has 0 amide bonds. The number of rotatable bonds is 5. The highest BCUT2D eigenvalue weighted by Crippen LogP contribution is 2.39. The standard InChI is InChI=1S/C18H26N4O2S2/c1-3-11-26(23,24)22-9-7-13(8-10-22)21-17-16-14-5-4-6-15(14)25-18(16)20-12(2)19-17/h13H,3-11H2,1-2H3,(H,19,20,21). The van der Waals surface area contributed by atoms with Crippen LogP contribution in [0.25, 0.3) is 10.2 Å². The van der Waals surface area contributed by atoms with E-state index in [9.17, 15) is 8.42 Å². The number of sulfonamides is 1. The van der Waals surface area contributed by atoms with Crippen LogP contribution in [0.2, 0.25) is 0 Å². The number of hydrogen-bond acceptors (Lipinski definition) is 6. The maximum absolute atomic E-state index is 12.2. The van der Waals surface area contributed by atoms with E-state index in [2.05, 4.69) is 10.3 Å². The lowest BCUT2D eigenvalue weighted by Gasteiger charge is -2.32. The first kappa shape index (κ1) is 18.1. The second kappa shape index (κ2) is 7.05. The first-order valence-corrected chi connectivity index (χ1v) is 11.9. The quantitative estimate of drug-likeness (QED) is 0.843. The molecule has 142 valence electrons. The maximum atomic E-state index is 12.2. The van der Waals surface area contributed by atoms with Crippen LogP contribution in [0.3, 0.4) is 0 Å². The van der Waals surface area contributed by atoms with Crippen molar-refractivity contribution in [2.45, 2.75) is 58.4 Å². The Morgan fingerprint density at radius 3 is 2.73 bits per heavy atom. The SMILES string of the molecule is CCCS(=O)(=O)N1CCC(Nc2nc(C)nc3sc4c(c23)CCC4)CC1. The van der Waals surface area contributed by atoms with Crippen LogP contribution in [0.4, 0.5) is 5.82 Å². The van der Waals surface area contributed by atoms with Crippen LogP contribution in [-0.4, -0.2) is 47.6 Å². The number of nitrogens with zero attached hydrogens (tertiary/aromatic N) is 3. The molecular weight excluding hydrogens is 368 g/mol. The third-order valence-electron chi connectivity index (χ3n) is 5.33. The average molecular weight is 395 g/mol. The van der Waals surface area contributed by atoms with Gasteiger partial charge in [-0.1, -0.05) is 6.92 Å². The lowest BCUT2D eigenvalue weighted by molar-refractivity contribution is 0.329. The molecule has 26 heavy (non-hydrogen) atoms. The summed E-state index contributed by atoms with van der Waals surface area (Å²) < 4.78 is 26.1. The van der Waals surface area contributed by atoms with Crippen molar-refractivity contribution >= 4 is 37.4 Å². The van der Waals surface area contributed by atoms with E-state index in [1.54, 1.807) is 4.31 Å². The molecule has 1 aliphatic carbocycles. The molecule has 8 heteroatoms. The van der Waals surface area contributed by atoms with E-state index in [1.807, 2.05) is 25.2 Å². The van der Waals surface area contributed by atoms with Crippen LogP contribution in [0, 0.1) is 6.92 Å². The summed E-state index contributed by atoms with van der Waals surface area (Å²) >= 11 is 1.81. The van der Waals surface area contributed by atoms with Crippen molar-refractivity contribution in [2.75, 3.05) is 24.2 Å². The summed E-state index contributed by atoms with van der Waals surface area (Å²) in [6, 6.07) is 0.262. The van der Waals surface area contributed by atoms with Gasteiger partial charge in [0.1, 0.15) is 16.5 Å². The average Bonchev–Trinajstić information content (AvgIpc) is 3.15. The van der Waals surface area contributed by atoms with Gasteiger partial charge in [-0.05, 0) is 51.0 Å². The second-order valence-corrected chi connectivity index (χ2v) is 10.5. The van der Waals surface area contributed by atoms with Gasteiger partial charge < -0.3 is 5.32 Å². The smallest absolute Gasteiger partial charge is 0.214 e. The summed E-state index contributed by atoms with van der Waals surface area (Å²) in [5.74, 6) is 1.99. The Bertz CT molecular complexity index is 915. The van der Waals surface area contributed by atoms with E-state index in [0.717, 1.165) is 42.2 Å². The van der Waals surface area contributed by atoms with Gasteiger partial charge in [-0.15, -0.1) is 11.3 Å². The van der Waals surface area contributed by atoms with Crippen molar-refractivity contribution in [3.63, 3.8) is 0 Å². The van der Waals surface area contributed by atoms with E-state index in [1.165, 1.54) is 22.2 Å². The minimum Gasteiger partial charge on any atom is -0.367 e. The van der Waals surface area contributed by atoms with Gasteiger partial charge in [-0.3, -0.25) is 0 Å².